The van der Waals surface area contributed by atoms with Gasteiger partial charge >= 0.3 is 0 Å². The van der Waals surface area contributed by atoms with Gasteiger partial charge in [0.1, 0.15) is 0 Å². The second kappa shape index (κ2) is 6.71. The van der Waals surface area contributed by atoms with Crippen LogP contribution in [-0.2, 0) is 22.7 Å². The van der Waals surface area contributed by atoms with E-state index in [1.165, 1.54) is 11.1 Å². The largest absolute Gasteiger partial charge is 0.379 e. The summed E-state index contributed by atoms with van der Waals surface area (Å²) in [7, 11) is 1.64. The van der Waals surface area contributed by atoms with Crippen molar-refractivity contribution in [2.45, 2.75) is 13.1 Å². The van der Waals surface area contributed by atoms with E-state index in [4.69, 9.17) is 9.57 Å². The summed E-state index contributed by atoms with van der Waals surface area (Å²) in [5.41, 5.74) is 5.55. The predicted molar refractivity (Wildman–Crippen MR) is 66.4 cm³/mol. The Morgan fingerprint density at radius 2 is 1.94 bits per heavy atom. The summed E-state index contributed by atoms with van der Waals surface area (Å²) in [4.78, 5) is 7.33. The fourth-order valence-corrected chi connectivity index (χ4v) is 2.03. The molecule has 0 aliphatic carbocycles. The molecule has 4 heteroatoms. The first-order valence-corrected chi connectivity index (χ1v) is 6.03. The second-order valence-electron chi connectivity index (χ2n) is 4.18. The molecule has 0 amide bonds. The van der Waals surface area contributed by atoms with Crippen molar-refractivity contribution in [1.82, 2.24) is 10.4 Å². The molecule has 17 heavy (non-hydrogen) atoms. The molecule has 0 aromatic heterocycles. The molecule has 0 radical (unpaired) electrons. The Labute approximate surface area is 102 Å². The van der Waals surface area contributed by atoms with Gasteiger partial charge in [0.2, 0.25) is 0 Å². The van der Waals surface area contributed by atoms with Crippen molar-refractivity contribution in [2.24, 2.45) is 0 Å². The van der Waals surface area contributed by atoms with Crippen molar-refractivity contribution in [3.05, 3.63) is 35.4 Å². The lowest BCUT2D eigenvalue weighted by Crippen LogP contribution is -2.36. The second-order valence-corrected chi connectivity index (χ2v) is 4.18. The molecule has 1 heterocycles. The summed E-state index contributed by atoms with van der Waals surface area (Å²) in [6, 6.07) is 8.48. The third kappa shape index (κ3) is 3.78. The first-order valence-electron chi connectivity index (χ1n) is 6.03. The zero-order chi connectivity index (χ0) is 11.9. The molecule has 0 bridgehead atoms. The summed E-state index contributed by atoms with van der Waals surface area (Å²) in [6.45, 7) is 5.47. The van der Waals surface area contributed by atoms with Gasteiger partial charge in [-0.15, -0.1) is 0 Å². The zero-order valence-electron chi connectivity index (χ0n) is 10.3. The van der Waals surface area contributed by atoms with Crippen LogP contribution < -0.4 is 5.48 Å². The van der Waals surface area contributed by atoms with E-state index in [9.17, 15) is 0 Å². The van der Waals surface area contributed by atoms with Crippen LogP contribution in [0.15, 0.2) is 24.3 Å². The van der Waals surface area contributed by atoms with Crippen LogP contribution in [0.25, 0.3) is 0 Å². The molecule has 1 aromatic rings. The Hall–Kier alpha value is -0.940. The number of nitrogens with zero attached hydrogens (tertiary/aromatic N) is 1. The lowest BCUT2D eigenvalue weighted by Gasteiger charge is -2.27. The summed E-state index contributed by atoms with van der Waals surface area (Å²) in [5, 5.41) is 0. The van der Waals surface area contributed by atoms with E-state index in [0.717, 1.165) is 39.4 Å². The quantitative estimate of drug-likeness (QED) is 0.778. The van der Waals surface area contributed by atoms with Crippen LogP contribution in [0.4, 0.5) is 0 Å². The normalized spacial score (nSPS) is 17.2. The number of hydrogen-bond donors (Lipinski definition) is 1. The molecular formula is C13H20N2O2. The first kappa shape index (κ1) is 12.5. The molecule has 2 rings (SSSR count). The zero-order valence-corrected chi connectivity index (χ0v) is 10.3. The Morgan fingerprint density at radius 3 is 2.65 bits per heavy atom. The summed E-state index contributed by atoms with van der Waals surface area (Å²) >= 11 is 0. The highest BCUT2D eigenvalue weighted by Crippen LogP contribution is 2.12. The first-order chi connectivity index (χ1) is 8.40. The van der Waals surface area contributed by atoms with Gasteiger partial charge in [0.15, 0.2) is 0 Å². The molecule has 0 unspecified atom stereocenters. The summed E-state index contributed by atoms with van der Waals surface area (Å²) < 4.78 is 5.36. The lowest BCUT2D eigenvalue weighted by atomic mass is 10.1. The third-order valence-electron chi connectivity index (χ3n) is 3.02. The Balaban J connectivity index is 1.98. The molecule has 0 spiro atoms. The molecule has 1 aliphatic rings. The van der Waals surface area contributed by atoms with Gasteiger partial charge in [-0.3, -0.25) is 4.90 Å². The minimum absolute atomic E-state index is 0.747. The number of hydrogen-bond acceptors (Lipinski definition) is 4. The Kier molecular flexibility index (Phi) is 4.94. The number of ether oxygens (including phenoxy) is 1. The van der Waals surface area contributed by atoms with E-state index >= 15 is 0 Å². The summed E-state index contributed by atoms with van der Waals surface area (Å²) in [6.07, 6.45) is 0. The van der Waals surface area contributed by atoms with Gasteiger partial charge < -0.3 is 9.57 Å². The minimum Gasteiger partial charge on any atom is -0.379 e. The molecule has 1 saturated heterocycles. The average molecular weight is 236 g/mol. The predicted octanol–water partition coefficient (Wildman–Crippen LogP) is 1.17. The van der Waals surface area contributed by atoms with E-state index in [2.05, 4.69) is 34.6 Å². The molecule has 0 atom stereocenters. The SMILES string of the molecule is CONCc1ccccc1CN1CCOCC1. The van der Waals surface area contributed by atoms with Crippen molar-refractivity contribution < 1.29 is 9.57 Å². The van der Waals surface area contributed by atoms with E-state index in [-0.39, 0.29) is 0 Å². The molecule has 0 saturated carbocycles. The summed E-state index contributed by atoms with van der Waals surface area (Å²) in [5.74, 6) is 0. The van der Waals surface area contributed by atoms with Crippen LogP contribution in [0, 0.1) is 0 Å². The van der Waals surface area contributed by atoms with Gasteiger partial charge in [-0.25, -0.2) is 0 Å². The standard InChI is InChI=1S/C13H20N2O2/c1-16-14-10-12-4-2-3-5-13(12)11-15-6-8-17-9-7-15/h2-5,14H,6-11H2,1H3. The van der Waals surface area contributed by atoms with Crippen molar-refractivity contribution in [3.63, 3.8) is 0 Å². The van der Waals surface area contributed by atoms with Gasteiger partial charge in [0, 0.05) is 26.2 Å². The third-order valence-corrected chi connectivity index (χ3v) is 3.02. The van der Waals surface area contributed by atoms with Crippen LogP contribution >= 0.6 is 0 Å². The van der Waals surface area contributed by atoms with Crippen molar-refractivity contribution in [1.29, 1.82) is 0 Å². The van der Waals surface area contributed by atoms with E-state index in [1.807, 2.05) is 0 Å². The molecule has 1 aliphatic heterocycles. The van der Waals surface area contributed by atoms with Crippen LogP contribution in [0.1, 0.15) is 11.1 Å². The fourth-order valence-electron chi connectivity index (χ4n) is 2.03. The number of benzene rings is 1. The van der Waals surface area contributed by atoms with Gasteiger partial charge in [-0.1, -0.05) is 24.3 Å². The molecule has 1 aromatic carbocycles. The molecule has 1 N–H and O–H groups in total. The monoisotopic (exact) mass is 236 g/mol. The lowest BCUT2D eigenvalue weighted by molar-refractivity contribution is 0.0338. The minimum atomic E-state index is 0.747. The maximum atomic E-state index is 5.36. The molecular weight excluding hydrogens is 216 g/mol. The van der Waals surface area contributed by atoms with Gasteiger partial charge in [0.05, 0.1) is 20.3 Å². The van der Waals surface area contributed by atoms with Crippen LogP contribution in [-0.4, -0.2) is 38.3 Å². The topological polar surface area (TPSA) is 33.7 Å². The van der Waals surface area contributed by atoms with Crippen LogP contribution in [0.2, 0.25) is 0 Å². The van der Waals surface area contributed by atoms with Gasteiger partial charge in [-0.2, -0.15) is 5.48 Å². The van der Waals surface area contributed by atoms with E-state index in [0.29, 0.717) is 0 Å². The van der Waals surface area contributed by atoms with Crippen LogP contribution in [0.3, 0.4) is 0 Å². The van der Waals surface area contributed by atoms with Gasteiger partial charge in [-0.05, 0) is 11.1 Å². The van der Waals surface area contributed by atoms with Crippen molar-refractivity contribution >= 4 is 0 Å². The highest BCUT2D eigenvalue weighted by atomic mass is 16.6. The average Bonchev–Trinajstić information content (AvgIpc) is 2.39. The maximum Gasteiger partial charge on any atom is 0.0594 e. The molecule has 1 fully saturated rings. The Bertz CT molecular complexity index is 338. The molecule has 94 valence electrons. The number of nitrogens with one attached hydrogen (secondary N) is 1. The van der Waals surface area contributed by atoms with Crippen LogP contribution in [0.5, 0.6) is 0 Å². The van der Waals surface area contributed by atoms with Crippen molar-refractivity contribution in [2.75, 3.05) is 33.4 Å². The van der Waals surface area contributed by atoms with Crippen molar-refractivity contribution in [3.8, 4) is 0 Å². The Morgan fingerprint density at radius 1 is 1.24 bits per heavy atom. The maximum absolute atomic E-state index is 5.36. The molecule has 4 nitrogen and oxygen atoms in total. The number of hydroxylamine groups is 1. The van der Waals surface area contributed by atoms with E-state index < -0.39 is 0 Å². The number of rotatable bonds is 5. The van der Waals surface area contributed by atoms with Gasteiger partial charge in [0.25, 0.3) is 0 Å². The fraction of sp³-hybridized carbons (Fsp3) is 0.538. The van der Waals surface area contributed by atoms with E-state index in [1.54, 1.807) is 7.11 Å². The highest BCUT2D eigenvalue weighted by Gasteiger charge is 2.12. The smallest absolute Gasteiger partial charge is 0.0594 e. The highest BCUT2D eigenvalue weighted by molar-refractivity contribution is 5.26. The number of morpholine rings is 1.